The Balaban J connectivity index is 3.99. The molecule has 0 aromatic heterocycles. The normalized spacial score (nSPS) is 10.8. The van der Waals surface area contributed by atoms with Crippen molar-refractivity contribution in [3.8, 4) is 0 Å². The molecule has 0 atom stereocenters. The Morgan fingerprint density at radius 2 is 1.80 bits per heavy atom. The first kappa shape index (κ1) is 9.10. The Labute approximate surface area is 59.8 Å². The lowest BCUT2D eigenvalue weighted by Gasteiger charge is -2.15. The van der Waals surface area contributed by atoms with Gasteiger partial charge >= 0.3 is 0 Å². The number of amides is 2. The minimum atomic E-state index is -0.980. The van der Waals surface area contributed by atoms with Gasteiger partial charge in [-0.25, -0.2) is 0 Å². The van der Waals surface area contributed by atoms with Gasteiger partial charge in [0.05, 0.1) is 5.54 Å². The van der Waals surface area contributed by atoms with Gasteiger partial charge in [0.2, 0.25) is 11.8 Å². The molecule has 0 aliphatic rings. The van der Waals surface area contributed by atoms with Crippen LogP contribution in [0.15, 0.2) is 0 Å². The van der Waals surface area contributed by atoms with E-state index in [9.17, 15) is 9.59 Å². The zero-order valence-electron chi connectivity index (χ0n) is 6.39. The highest BCUT2D eigenvalue weighted by molar-refractivity contribution is 5.98. The van der Waals surface area contributed by atoms with Crippen LogP contribution in [0.4, 0.5) is 0 Å². The second-order valence-corrected chi connectivity index (χ2v) is 2.73. The molecule has 10 heavy (non-hydrogen) atoms. The summed E-state index contributed by atoms with van der Waals surface area (Å²) in [5.41, 5.74) is 4.38. The lowest BCUT2D eigenvalue weighted by Crippen LogP contribution is -2.50. The largest absolute Gasteiger partial charge is 0.318 e. The predicted octanol–water partition coefficient (Wildman–Crippen LogP) is -0.614. The number of carbonyl (C=O) groups is 2. The van der Waals surface area contributed by atoms with Crippen molar-refractivity contribution in [3.63, 3.8) is 0 Å². The zero-order valence-corrected chi connectivity index (χ0v) is 6.39. The van der Waals surface area contributed by atoms with Gasteiger partial charge in [0.25, 0.3) is 0 Å². The minimum absolute atomic E-state index is 0.386. The highest BCUT2D eigenvalue weighted by Gasteiger charge is 2.22. The molecule has 0 aliphatic heterocycles. The summed E-state index contributed by atoms with van der Waals surface area (Å²) in [4.78, 5) is 21.1. The van der Waals surface area contributed by atoms with Crippen LogP contribution in [0.5, 0.6) is 0 Å². The fourth-order valence-electron chi connectivity index (χ4n) is 0.321. The van der Waals surface area contributed by atoms with Gasteiger partial charge < -0.3 is 5.73 Å². The summed E-state index contributed by atoms with van der Waals surface area (Å²) < 4.78 is 0. The third kappa shape index (κ3) is 3.19. The topological polar surface area (TPSA) is 72.2 Å². The molecule has 4 heteroatoms. The maximum absolute atomic E-state index is 10.8. The van der Waals surface area contributed by atoms with E-state index in [0.717, 1.165) is 0 Å². The third-order valence-electron chi connectivity index (χ3n) is 0.875. The molecule has 0 saturated carbocycles. The smallest absolute Gasteiger partial charge is 0.246 e. The van der Waals surface area contributed by atoms with Crippen LogP contribution in [0.1, 0.15) is 20.8 Å². The molecule has 4 nitrogen and oxygen atoms in total. The van der Waals surface area contributed by atoms with Crippen LogP contribution in [0.3, 0.4) is 0 Å². The number of hydrogen-bond donors (Lipinski definition) is 2. The number of imide groups is 1. The zero-order chi connectivity index (χ0) is 8.36. The van der Waals surface area contributed by atoms with Crippen LogP contribution in [-0.4, -0.2) is 17.4 Å². The second-order valence-electron chi connectivity index (χ2n) is 2.73. The lowest BCUT2D eigenvalue weighted by atomic mass is 10.1. The van der Waals surface area contributed by atoms with Crippen LogP contribution >= 0.6 is 0 Å². The highest BCUT2D eigenvalue weighted by atomic mass is 16.2. The van der Waals surface area contributed by atoms with Crippen molar-refractivity contribution in [1.29, 1.82) is 0 Å². The van der Waals surface area contributed by atoms with Crippen LogP contribution in [0.25, 0.3) is 0 Å². The first-order chi connectivity index (χ1) is 4.34. The number of rotatable bonds is 1. The highest BCUT2D eigenvalue weighted by Crippen LogP contribution is 1.94. The van der Waals surface area contributed by atoms with E-state index < -0.39 is 11.4 Å². The Morgan fingerprint density at radius 3 is 1.90 bits per heavy atom. The quantitative estimate of drug-likeness (QED) is 0.515. The maximum Gasteiger partial charge on any atom is 0.246 e. The number of carbonyl (C=O) groups excluding carboxylic acids is 2. The van der Waals surface area contributed by atoms with E-state index in [2.05, 4.69) is 5.32 Å². The van der Waals surface area contributed by atoms with Crippen LogP contribution in [0, 0.1) is 0 Å². The second kappa shape index (κ2) is 2.79. The summed E-state index contributed by atoms with van der Waals surface area (Å²) >= 11 is 0. The molecule has 3 N–H and O–H groups in total. The average molecular weight is 144 g/mol. The van der Waals surface area contributed by atoms with E-state index in [4.69, 9.17) is 5.73 Å². The van der Waals surface area contributed by atoms with Gasteiger partial charge in [-0.15, -0.1) is 0 Å². The first-order valence-corrected chi connectivity index (χ1v) is 2.95. The number of nitrogens with one attached hydrogen (secondary N) is 1. The minimum Gasteiger partial charge on any atom is -0.318 e. The molecular weight excluding hydrogens is 132 g/mol. The molecule has 0 aromatic carbocycles. The number of hydrogen-bond acceptors (Lipinski definition) is 3. The van der Waals surface area contributed by atoms with Gasteiger partial charge in [-0.2, -0.15) is 0 Å². The Bertz CT molecular complexity index is 158. The van der Waals surface area contributed by atoms with Crippen LogP contribution < -0.4 is 11.1 Å². The van der Waals surface area contributed by atoms with Gasteiger partial charge in [-0.3, -0.25) is 14.9 Å². The molecule has 0 radical (unpaired) electrons. The van der Waals surface area contributed by atoms with Crippen molar-refractivity contribution in [1.82, 2.24) is 5.32 Å². The Kier molecular flexibility index (Phi) is 2.54. The molecule has 0 bridgehead atoms. The van der Waals surface area contributed by atoms with E-state index in [1.54, 1.807) is 0 Å². The van der Waals surface area contributed by atoms with E-state index in [0.29, 0.717) is 0 Å². The van der Waals surface area contributed by atoms with Crippen molar-refractivity contribution in [2.24, 2.45) is 5.73 Å². The van der Waals surface area contributed by atoms with E-state index in [1.165, 1.54) is 20.8 Å². The molecule has 0 heterocycles. The fraction of sp³-hybridized carbons (Fsp3) is 0.667. The molecule has 0 spiro atoms. The molecule has 58 valence electrons. The number of nitrogens with two attached hydrogens (primary N) is 1. The van der Waals surface area contributed by atoms with E-state index in [1.807, 2.05) is 0 Å². The maximum atomic E-state index is 10.8. The SMILES string of the molecule is CC(=O)NC(=O)C(C)(C)N. The summed E-state index contributed by atoms with van der Waals surface area (Å²) in [6, 6.07) is 0. The summed E-state index contributed by atoms with van der Waals surface area (Å²) in [6.45, 7) is 4.33. The third-order valence-corrected chi connectivity index (χ3v) is 0.875. The Morgan fingerprint density at radius 1 is 1.40 bits per heavy atom. The Hall–Kier alpha value is -0.900. The predicted molar refractivity (Wildman–Crippen MR) is 37.1 cm³/mol. The van der Waals surface area contributed by atoms with Crippen molar-refractivity contribution in [2.45, 2.75) is 26.3 Å². The molecule has 0 fully saturated rings. The molecule has 0 unspecified atom stereocenters. The van der Waals surface area contributed by atoms with Crippen molar-refractivity contribution >= 4 is 11.8 Å². The van der Waals surface area contributed by atoms with Gasteiger partial charge in [0.15, 0.2) is 0 Å². The molecule has 0 saturated heterocycles. The van der Waals surface area contributed by atoms with Crippen molar-refractivity contribution < 1.29 is 9.59 Å². The summed E-state index contributed by atoms with van der Waals surface area (Å²) in [5, 5.41) is 2.08. The standard InChI is InChI=1S/C6H12N2O2/c1-4(9)8-5(10)6(2,3)7/h7H2,1-3H3,(H,8,9,10). The molecule has 2 amide bonds. The van der Waals surface area contributed by atoms with Crippen molar-refractivity contribution in [3.05, 3.63) is 0 Å². The molecule has 0 aromatic rings. The van der Waals surface area contributed by atoms with E-state index in [-0.39, 0.29) is 5.91 Å². The van der Waals surface area contributed by atoms with Crippen LogP contribution in [-0.2, 0) is 9.59 Å². The summed E-state index contributed by atoms with van der Waals surface area (Å²) in [6.07, 6.45) is 0. The lowest BCUT2D eigenvalue weighted by molar-refractivity contribution is -0.132. The average Bonchev–Trinajstić information content (AvgIpc) is 1.60. The molecule has 0 rings (SSSR count). The molecular formula is C6H12N2O2. The fourth-order valence-corrected chi connectivity index (χ4v) is 0.321. The monoisotopic (exact) mass is 144 g/mol. The van der Waals surface area contributed by atoms with E-state index >= 15 is 0 Å². The van der Waals surface area contributed by atoms with Gasteiger partial charge in [-0.1, -0.05) is 0 Å². The van der Waals surface area contributed by atoms with Gasteiger partial charge in [0, 0.05) is 6.92 Å². The molecule has 0 aliphatic carbocycles. The van der Waals surface area contributed by atoms with Crippen LogP contribution in [0.2, 0.25) is 0 Å². The summed E-state index contributed by atoms with van der Waals surface area (Å²) in [5.74, 6) is -0.844. The van der Waals surface area contributed by atoms with Gasteiger partial charge in [-0.05, 0) is 13.8 Å². The summed E-state index contributed by atoms with van der Waals surface area (Å²) in [7, 11) is 0. The van der Waals surface area contributed by atoms with Gasteiger partial charge in [0.1, 0.15) is 0 Å². The first-order valence-electron chi connectivity index (χ1n) is 2.95. The van der Waals surface area contributed by atoms with Crippen molar-refractivity contribution in [2.75, 3.05) is 0 Å².